The van der Waals surface area contributed by atoms with E-state index in [1.165, 1.54) is 22.1 Å². The Kier molecular flexibility index (Phi) is 4.13. The summed E-state index contributed by atoms with van der Waals surface area (Å²) in [4.78, 5) is 9.18. The van der Waals surface area contributed by atoms with Crippen molar-refractivity contribution in [2.75, 3.05) is 5.32 Å². The van der Waals surface area contributed by atoms with Gasteiger partial charge in [0.25, 0.3) is 0 Å². The third-order valence-electron chi connectivity index (χ3n) is 4.69. The number of anilines is 2. The Bertz CT molecular complexity index is 1080. The summed E-state index contributed by atoms with van der Waals surface area (Å²) in [6.45, 7) is 6.37. The smallest absolute Gasteiger partial charge is 0.140 e. The van der Waals surface area contributed by atoms with E-state index in [-0.39, 0.29) is 0 Å². The van der Waals surface area contributed by atoms with Crippen molar-refractivity contribution in [3.8, 4) is 11.1 Å². The van der Waals surface area contributed by atoms with Gasteiger partial charge in [-0.1, -0.05) is 42.5 Å². The number of rotatable bonds is 3. The van der Waals surface area contributed by atoms with Crippen LogP contribution in [-0.4, -0.2) is 9.97 Å². The summed E-state index contributed by atoms with van der Waals surface area (Å²) in [5.41, 5.74) is 6.00. The van der Waals surface area contributed by atoms with Gasteiger partial charge in [-0.05, 0) is 60.5 Å². The fourth-order valence-corrected chi connectivity index (χ4v) is 3.45. The zero-order valence-corrected chi connectivity index (χ0v) is 15.2. The lowest BCUT2D eigenvalue weighted by Crippen LogP contribution is -2.01. The lowest BCUT2D eigenvalue weighted by molar-refractivity contribution is 1.24. The molecule has 0 aliphatic carbocycles. The van der Waals surface area contributed by atoms with E-state index >= 15 is 0 Å². The number of nitrogens with zero attached hydrogens (tertiary/aromatic N) is 2. The molecular weight excluding hydrogens is 318 g/mol. The molecule has 0 saturated carbocycles. The zero-order valence-electron chi connectivity index (χ0n) is 15.2. The molecule has 0 saturated heterocycles. The standard InChI is InChI=1S/C23H21N3/c1-15-11-12-24-20(13-15)26-23-22(21-16(2)7-6-8-17(21)3)19-10-5-4-9-18(19)14-25-23/h4-14H,1-3H3,(H,24,25,26). The first-order valence-electron chi connectivity index (χ1n) is 8.77. The van der Waals surface area contributed by atoms with Crippen LogP contribution in [0.25, 0.3) is 21.9 Å². The second-order valence-electron chi connectivity index (χ2n) is 6.68. The molecule has 0 bridgehead atoms. The van der Waals surface area contributed by atoms with Gasteiger partial charge in [-0.15, -0.1) is 0 Å². The number of fused-ring (bicyclic) bond motifs is 1. The topological polar surface area (TPSA) is 37.8 Å². The summed E-state index contributed by atoms with van der Waals surface area (Å²) in [6, 6.07) is 18.8. The molecule has 0 aliphatic rings. The van der Waals surface area contributed by atoms with Crippen molar-refractivity contribution in [2.45, 2.75) is 20.8 Å². The van der Waals surface area contributed by atoms with Crippen LogP contribution in [0.1, 0.15) is 16.7 Å². The van der Waals surface area contributed by atoms with E-state index in [1.807, 2.05) is 30.6 Å². The quantitative estimate of drug-likeness (QED) is 0.500. The minimum atomic E-state index is 0.806. The Morgan fingerprint density at radius 3 is 2.31 bits per heavy atom. The van der Waals surface area contributed by atoms with E-state index in [2.05, 4.69) is 67.5 Å². The average molecular weight is 339 g/mol. The molecule has 0 atom stereocenters. The fraction of sp³-hybridized carbons (Fsp3) is 0.130. The van der Waals surface area contributed by atoms with Crippen LogP contribution in [0.4, 0.5) is 11.6 Å². The largest absolute Gasteiger partial charge is 0.324 e. The molecular formula is C23H21N3. The van der Waals surface area contributed by atoms with Gasteiger partial charge >= 0.3 is 0 Å². The third kappa shape index (κ3) is 2.92. The van der Waals surface area contributed by atoms with Crippen LogP contribution < -0.4 is 5.32 Å². The Balaban J connectivity index is 1.99. The lowest BCUT2D eigenvalue weighted by atomic mass is 9.92. The highest BCUT2D eigenvalue weighted by Crippen LogP contribution is 2.38. The second kappa shape index (κ2) is 6.60. The van der Waals surface area contributed by atoms with E-state index in [0.717, 1.165) is 28.1 Å². The first-order valence-corrected chi connectivity index (χ1v) is 8.77. The van der Waals surface area contributed by atoms with Crippen molar-refractivity contribution in [3.63, 3.8) is 0 Å². The first-order chi connectivity index (χ1) is 12.6. The van der Waals surface area contributed by atoms with Crippen molar-refractivity contribution in [1.82, 2.24) is 9.97 Å². The molecule has 26 heavy (non-hydrogen) atoms. The third-order valence-corrected chi connectivity index (χ3v) is 4.69. The van der Waals surface area contributed by atoms with Crippen molar-refractivity contribution in [2.24, 2.45) is 0 Å². The highest BCUT2D eigenvalue weighted by molar-refractivity contribution is 6.03. The number of benzene rings is 2. The van der Waals surface area contributed by atoms with E-state index < -0.39 is 0 Å². The van der Waals surface area contributed by atoms with Crippen LogP contribution in [-0.2, 0) is 0 Å². The maximum absolute atomic E-state index is 4.74. The summed E-state index contributed by atoms with van der Waals surface area (Å²) < 4.78 is 0. The van der Waals surface area contributed by atoms with Gasteiger partial charge in [0.2, 0.25) is 0 Å². The van der Waals surface area contributed by atoms with Gasteiger partial charge in [0, 0.05) is 23.3 Å². The number of pyridine rings is 2. The van der Waals surface area contributed by atoms with Crippen molar-refractivity contribution in [3.05, 3.63) is 83.7 Å². The average Bonchev–Trinajstić information content (AvgIpc) is 2.63. The molecule has 128 valence electrons. The van der Waals surface area contributed by atoms with E-state index in [9.17, 15) is 0 Å². The zero-order chi connectivity index (χ0) is 18.1. The minimum absolute atomic E-state index is 0.806. The van der Waals surface area contributed by atoms with Crippen molar-refractivity contribution < 1.29 is 0 Å². The van der Waals surface area contributed by atoms with Crippen LogP contribution in [0.5, 0.6) is 0 Å². The number of aromatic nitrogens is 2. The maximum Gasteiger partial charge on any atom is 0.140 e. The van der Waals surface area contributed by atoms with E-state index in [0.29, 0.717) is 0 Å². The van der Waals surface area contributed by atoms with Gasteiger partial charge in [-0.2, -0.15) is 0 Å². The molecule has 0 spiro atoms. The SMILES string of the molecule is Cc1ccnc(Nc2ncc3ccccc3c2-c2c(C)cccc2C)c1. The van der Waals surface area contributed by atoms with Crippen LogP contribution in [0.2, 0.25) is 0 Å². The maximum atomic E-state index is 4.74. The predicted molar refractivity (Wildman–Crippen MR) is 109 cm³/mol. The van der Waals surface area contributed by atoms with Gasteiger partial charge in [0.05, 0.1) is 0 Å². The highest BCUT2D eigenvalue weighted by atomic mass is 15.1. The molecule has 3 nitrogen and oxygen atoms in total. The molecule has 3 heteroatoms. The molecule has 0 amide bonds. The molecule has 1 N–H and O–H groups in total. The van der Waals surface area contributed by atoms with Gasteiger partial charge in [-0.25, -0.2) is 9.97 Å². The Morgan fingerprint density at radius 1 is 0.769 bits per heavy atom. The normalized spacial score (nSPS) is 10.9. The van der Waals surface area contributed by atoms with Crippen LogP contribution in [0.15, 0.2) is 67.0 Å². The highest BCUT2D eigenvalue weighted by Gasteiger charge is 2.16. The fourth-order valence-electron chi connectivity index (χ4n) is 3.45. The summed E-state index contributed by atoms with van der Waals surface area (Å²) in [5, 5.41) is 5.76. The molecule has 2 aromatic carbocycles. The number of aryl methyl sites for hydroxylation is 3. The molecule has 4 aromatic rings. The summed E-state index contributed by atoms with van der Waals surface area (Å²) in [5.74, 6) is 1.64. The summed E-state index contributed by atoms with van der Waals surface area (Å²) in [6.07, 6.45) is 3.74. The number of hydrogen-bond donors (Lipinski definition) is 1. The van der Waals surface area contributed by atoms with Crippen LogP contribution in [0.3, 0.4) is 0 Å². The van der Waals surface area contributed by atoms with Crippen LogP contribution in [0, 0.1) is 20.8 Å². The van der Waals surface area contributed by atoms with Gasteiger partial charge in [0.15, 0.2) is 0 Å². The van der Waals surface area contributed by atoms with Crippen molar-refractivity contribution >= 4 is 22.4 Å². The van der Waals surface area contributed by atoms with Gasteiger partial charge in [-0.3, -0.25) is 0 Å². The van der Waals surface area contributed by atoms with Gasteiger partial charge < -0.3 is 5.32 Å². The Morgan fingerprint density at radius 2 is 1.54 bits per heavy atom. The molecule has 0 aliphatic heterocycles. The molecule has 2 heterocycles. The van der Waals surface area contributed by atoms with Crippen LogP contribution >= 0.6 is 0 Å². The Labute approximate surface area is 153 Å². The molecule has 0 fully saturated rings. The van der Waals surface area contributed by atoms with E-state index in [4.69, 9.17) is 4.98 Å². The predicted octanol–water partition coefficient (Wildman–Crippen LogP) is 5.97. The first kappa shape index (κ1) is 16.3. The van der Waals surface area contributed by atoms with E-state index in [1.54, 1.807) is 0 Å². The monoisotopic (exact) mass is 339 g/mol. The second-order valence-corrected chi connectivity index (χ2v) is 6.68. The molecule has 0 unspecified atom stereocenters. The summed E-state index contributed by atoms with van der Waals surface area (Å²) in [7, 11) is 0. The minimum Gasteiger partial charge on any atom is -0.324 e. The van der Waals surface area contributed by atoms with Gasteiger partial charge in [0.1, 0.15) is 11.6 Å². The summed E-state index contributed by atoms with van der Waals surface area (Å²) >= 11 is 0. The van der Waals surface area contributed by atoms with Crippen molar-refractivity contribution in [1.29, 1.82) is 0 Å². The number of nitrogens with one attached hydrogen (secondary N) is 1. The molecule has 2 aromatic heterocycles. The number of hydrogen-bond acceptors (Lipinski definition) is 3. The molecule has 4 rings (SSSR count). The molecule has 0 radical (unpaired) electrons. The lowest BCUT2D eigenvalue weighted by Gasteiger charge is -2.17. The Hall–Kier alpha value is -3.20.